The summed E-state index contributed by atoms with van der Waals surface area (Å²) < 4.78 is 10.5. The summed E-state index contributed by atoms with van der Waals surface area (Å²) in [4.78, 5) is 25.3. The number of nitrogens with zero attached hydrogens (tertiary/aromatic N) is 1. The molecule has 1 saturated heterocycles. The SMILES string of the molecule is C=C1C(=O)O[C@@H](c2ccccc2)N1C(=O)OCc1ccccc1. The van der Waals surface area contributed by atoms with E-state index < -0.39 is 18.3 Å². The van der Waals surface area contributed by atoms with Crippen molar-refractivity contribution in [2.75, 3.05) is 0 Å². The molecule has 5 nitrogen and oxygen atoms in total. The minimum atomic E-state index is -0.848. The first-order valence-electron chi connectivity index (χ1n) is 7.11. The van der Waals surface area contributed by atoms with Gasteiger partial charge >= 0.3 is 12.1 Å². The van der Waals surface area contributed by atoms with Gasteiger partial charge in [0.25, 0.3) is 0 Å². The number of hydrogen-bond donors (Lipinski definition) is 0. The monoisotopic (exact) mass is 309 g/mol. The molecule has 2 aromatic rings. The molecule has 1 aliphatic rings. The summed E-state index contributed by atoms with van der Waals surface area (Å²) in [6.07, 6.45) is -1.52. The van der Waals surface area contributed by atoms with Crippen molar-refractivity contribution in [1.29, 1.82) is 0 Å². The van der Waals surface area contributed by atoms with Crippen molar-refractivity contribution in [1.82, 2.24) is 4.90 Å². The Kier molecular flexibility index (Phi) is 4.10. The van der Waals surface area contributed by atoms with Crippen LogP contribution in [0.3, 0.4) is 0 Å². The second kappa shape index (κ2) is 6.36. The maximum Gasteiger partial charge on any atom is 0.418 e. The van der Waals surface area contributed by atoms with Crippen LogP contribution in [0.25, 0.3) is 0 Å². The number of rotatable bonds is 3. The van der Waals surface area contributed by atoms with Crippen LogP contribution in [0.4, 0.5) is 4.79 Å². The Hall–Kier alpha value is -3.08. The Morgan fingerprint density at radius 2 is 1.70 bits per heavy atom. The van der Waals surface area contributed by atoms with Gasteiger partial charge < -0.3 is 9.47 Å². The third kappa shape index (κ3) is 3.08. The molecule has 1 fully saturated rings. The van der Waals surface area contributed by atoms with Crippen molar-refractivity contribution >= 4 is 12.1 Å². The zero-order chi connectivity index (χ0) is 16.2. The highest BCUT2D eigenvalue weighted by Gasteiger charge is 2.41. The molecule has 1 aliphatic heterocycles. The molecule has 0 bridgehead atoms. The van der Waals surface area contributed by atoms with Crippen LogP contribution in [0.5, 0.6) is 0 Å². The van der Waals surface area contributed by atoms with E-state index in [9.17, 15) is 9.59 Å². The number of carbonyl (C=O) groups excluding carboxylic acids is 2. The highest BCUT2D eigenvalue weighted by Crippen LogP contribution is 2.33. The second-order valence-electron chi connectivity index (χ2n) is 5.03. The summed E-state index contributed by atoms with van der Waals surface area (Å²) in [5.41, 5.74) is 1.50. The van der Waals surface area contributed by atoms with Gasteiger partial charge in [-0.05, 0) is 5.56 Å². The van der Waals surface area contributed by atoms with Crippen molar-refractivity contribution in [2.24, 2.45) is 0 Å². The molecule has 2 aromatic carbocycles. The smallest absolute Gasteiger partial charge is 0.418 e. The Balaban J connectivity index is 1.76. The molecule has 0 aromatic heterocycles. The average molecular weight is 309 g/mol. The average Bonchev–Trinajstić information content (AvgIpc) is 2.90. The van der Waals surface area contributed by atoms with E-state index in [-0.39, 0.29) is 12.3 Å². The molecule has 5 heteroatoms. The minimum Gasteiger partial charge on any atom is -0.444 e. The molecule has 1 atom stereocenters. The third-order valence-corrected chi connectivity index (χ3v) is 3.47. The molecule has 0 N–H and O–H groups in total. The largest absolute Gasteiger partial charge is 0.444 e. The lowest BCUT2D eigenvalue weighted by molar-refractivity contribution is -0.140. The van der Waals surface area contributed by atoms with Gasteiger partial charge in [-0.3, -0.25) is 0 Å². The zero-order valence-electron chi connectivity index (χ0n) is 12.3. The molecule has 0 radical (unpaired) electrons. The number of esters is 1. The van der Waals surface area contributed by atoms with E-state index in [2.05, 4.69) is 6.58 Å². The molecule has 3 rings (SSSR count). The highest BCUT2D eigenvalue weighted by molar-refractivity contribution is 5.94. The van der Waals surface area contributed by atoms with Crippen LogP contribution in [0.2, 0.25) is 0 Å². The molecule has 0 saturated carbocycles. The van der Waals surface area contributed by atoms with Gasteiger partial charge in [0.2, 0.25) is 6.23 Å². The molecule has 23 heavy (non-hydrogen) atoms. The van der Waals surface area contributed by atoms with Crippen LogP contribution in [0.1, 0.15) is 17.4 Å². The summed E-state index contributed by atoms with van der Waals surface area (Å²) in [6.45, 7) is 3.73. The predicted octanol–water partition coefficient (Wildman–Crippen LogP) is 3.39. The predicted molar refractivity (Wildman–Crippen MR) is 82.9 cm³/mol. The fourth-order valence-corrected chi connectivity index (χ4v) is 2.29. The molecular formula is C18H15NO4. The van der Waals surface area contributed by atoms with Crippen LogP contribution in [-0.2, 0) is 20.9 Å². The second-order valence-corrected chi connectivity index (χ2v) is 5.03. The standard InChI is InChI=1S/C18H15NO4/c1-13-17(20)23-16(15-10-6-3-7-11-15)19(13)18(21)22-12-14-8-4-2-5-9-14/h2-11,16H,1,12H2/t16-/m0/s1. The van der Waals surface area contributed by atoms with Gasteiger partial charge in [0.1, 0.15) is 12.3 Å². The molecular weight excluding hydrogens is 294 g/mol. The van der Waals surface area contributed by atoms with Crippen molar-refractivity contribution in [3.8, 4) is 0 Å². The Labute approximate surface area is 133 Å². The highest BCUT2D eigenvalue weighted by atomic mass is 16.6. The zero-order valence-corrected chi connectivity index (χ0v) is 12.3. The fraction of sp³-hybridized carbons (Fsp3) is 0.111. The summed E-state index contributed by atoms with van der Waals surface area (Å²) in [5, 5.41) is 0. The number of benzene rings is 2. The molecule has 0 aliphatic carbocycles. The van der Waals surface area contributed by atoms with Gasteiger partial charge in [-0.2, -0.15) is 0 Å². The van der Waals surface area contributed by atoms with Crippen LogP contribution in [-0.4, -0.2) is 17.0 Å². The lowest BCUT2D eigenvalue weighted by Gasteiger charge is -2.21. The Morgan fingerprint density at radius 3 is 2.35 bits per heavy atom. The summed E-state index contributed by atoms with van der Waals surface area (Å²) in [6, 6.07) is 18.3. The Morgan fingerprint density at radius 1 is 1.09 bits per heavy atom. The van der Waals surface area contributed by atoms with Gasteiger partial charge in [-0.25, -0.2) is 14.5 Å². The van der Waals surface area contributed by atoms with Crippen molar-refractivity contribution < 1.29 is 19.1 Å². The maximum absolute atomic E-state index is 12.4. The first-order valence-corrected chi connectivity index (χ1v) is 7.11. The molecule has 116 valence electrons. The summed E-state index contributed by atoms with van der Waals surface area (Å²) in [7, 11) is 0. The molecule has 1 heterocycles. The van der Waals surface area contributed by atoms with Crippen LogP contribution < -0.4 is 0 Å². The number of amides is 1. The fourth-order valence-electron chi connectivity index (χ4n) is 2.29. The van der Waals surface area contributed by atoms with E-state index in [1.807, 2.05) is 36.4 Å². The minimum absolute atomic E-state index is 0.0306. The van der Waals surface area contributed by atoms with Crippen LogP contribution in [0.15, 0.2) is 72.9 Å². The van der Waals surface area contributed by atoms with E-state index >= 15 is 0 Å². The van der Waals surface area contributed by atoms with Crippen LogP contribution in [0, 0.1) is 0 Å². The number of hydrogen-bond acceptors (Lipinski definition) is 4. The third-order valence-electron chi connectivity index (χ3n) is 3.47. The first kappa shape index (κ1) is 14.8. The number of carbonyl (C=O) groups is 2. The quantitative estimate of drug-likeness (QED) is 0.644. The van der Waals surface area contributed by atoms with E-state index in [4.69, 9.17) is 9.47 Å². The Bertz CT molecular complexity index is 727. The molecule has 0 unspecified atom stereocenters. The summed E-state index contributed by atoms with van der Waals surface area (Å²) >= 11 is 0. The number of cyclic esters (lactones) is 1. The van der Waals surface area contributed by atoms with Gasteiger partial charge in [0.15, 0.2) is 0 Å². The van der Waals surface area contributed by atoms with Gasteiger partial charge in [-0.1, -0.05) is 67.2 Å². The van der Waals surface area contributed by atoms with E-state index in [0.29, 0.717) is 5.56 Å². The van der Waals surface area contributed by atoms with Crippen molar-refractivity contribution in [3.63, 3.8) is 0 Å². The lowest BCUT2D eigenvalue weighted by Crippen LogP contribution is -2.30. The number of ether oxygens (including phenoxy) is 2. The molecule has 0 spiro atoms. The van der Waals surface area contributed by atoms with Gasteiger partial charge in [0, 0.05) is 5.56 Å². The van der Waals surface area contributed by atoms with E-state index in [1.54, 1.807) is 24.3 Å². The van der Waals surface area contributed by atoms with Crippen molar-refractivity contribution in [2.45, 2.75) is 12.8 Å². The molecule has 1 amide bonds. The normalized spacial score (nSPS) is 17.0. The van der Waals surface area contributed by atoms with E-state index in [1.165, 1.54) is 0 Å². The van der Waals surface area contributed by atoms with Crippen molar-refractivity contribution in [3.05, 3.63) is 84.1 Å². The van der Waals surface area contributed by atoms with Crippen LogP contribution >= 0.6 is 0 Å². The van der Waals surface area contributed by atoms with E-state index in [0.717, 1.165) is 10.5 Å². The van der Waals surface area contributed by atoms with Gasteiger partial charge in [-0.15, -0.1) is 0 Å². The summed E-state index contributed by atoms with van der Waals surface area (Å²) in [5.74, 6) is -0.629. The first-order chi connectivity index (χ1) is 11.2. The lowest BCUT2D eigenvalue weighted by atomic mass is 10.2. The maximum atomic E-state index is 12.4. The van der Waals surface area contributed by atoms with Gasteiger partial charge in [0.05, 0.1) is 0 Å². The topological polar surface area (TPSA) is 55.8 Å².